The number of aliphatic hydroxyl groups excluding tert-OH is 1. The van der Waals surface area contributed by atoms with E-state index in [0.717, 1.165) is 0 Å². The van der Waals surface area contributed by atoms with Gasteiger partial charge in [0.15, 0.2) is 0 Å². The Hall–Kier alpha value is -0.610. The van der Waals surface area contributed by atoms with Crippen molar-refractivity contribution in [3.8, 4) is 0 Å². The highest BCUT2D eigenvalue weighted by atomic mass is 16.3. The fraction of sp³-hybridized carbons (Fsp3) is 0.857. The van der Waals surface area contributed by atoms with E-state index in [4.69, 9.17) is 10.8 Å². The van der Waals surface area contributed by atoms with Crippen LogP contribution in [0.25, 0.3) is 0 Å². The van der Waals surface area contributed by atoms with Crippen LogP contribution in [-0.4, -0.2) is 29.7 Å². The Morgan fingerprint density at radius 3 is 2.55 bits per heavy atom. The summed E-state index contributed by atoms with van der Waals surface area (Å²) in [4.78, 5) is 10.9. The second kappa shape index (κ2) is 5.09. The predicted octanol–water partition coefficient (Wildman–Crippen LogP) is -0.779. The van der Waals surface area contributed by atoms with E-state index in [-0.39, 0.29) is 24.6 Å². The number of amides is 1. The fourth-order valence-electron chi connectivity index (χ4n) is 0.672. The van der Waals surface area contributed by atoms with Crippen molar-refractivity contribution in [2.45, 2.75) is 32.4 Å². The lowest BCUT2D eigenvalue weighted by molar-refractivity contribution is -0.122. The number of aliphatic hydroxyl groups is 1. The maximum absolute atomic E-state index is 10.9. The second-order valence-corrected chi connectivity index (χ2v) is 2.83. The molecule has 0 fully saturated rings. The number of carbonyl (C=O) groups is 1. The zero-order valence-corrected chi connectivity index (χ0v) is 7.00. The molecule has 4 N–H and O–H groups in total. The van der Waals surface area contributed by atoms with Crippen LogP contribution in [0.2, 0.25) is 0 Å². The molecule has 0 rings (SSSR count). The summed E-state index contributed by atoms with van der Waals surface area (Å²) in [5.41, 5.74) is 5.39. The molecule has 2 atom stereocenters. The lowest BCUT2D eigenvalue weighted by atomic mass is 10.2. The normalized spacial score (nSPS) is 15.6. The van der Waals surface area contributed by atoms with E-state index < -0.39 is 0 Å². The molecule has 2 unspecified atom stereocenters. The van der Waals surface area contributed by atoms with Crippen LogP contribution < -0.4 is 11.1 Å². The molecule has 0 bridgehead atoms. The molecular formula is C7H16N2O2. The lowest BCUT2D eigenvalue weighted by Crippen LogP contribution is -2.37. The van der Waals surface area contributed by atoms with Crippen LogP contribution >= 0.6 is 0 Å². The zero-order valence-electron chi connectivity index (χ0n) is 7.00. The van der Waals surface area contributed by atoms with Gasteiger partial charge in [-0.25, -0.2) is 0 Å². The molecule has 66 valence electrons. The van der Waals surface area contributed by atoms with Gasteiger partial charge in [0, 0.05) is 18.5 Å². The summed E-state index contributed by atoms with van der Waals surface area (Å²) in [6, 6.07) is -0.304. The first-order valence-electron chi connectivity index (χ1n) is 3.72. The first-order valence-corrected chi connectivity index (χ1v) is 3.72. The first kappa shape index (κ1) is 10.4. The molecule has 1 amide bonds. The van der Waals surface area contributed by atoms with E-state index in [2.05, 4.69) is 5.32 Å². The Morgan fingerprint density at radius 1 is 1.64 bits per heavy atom. The molecule has 0 aromatic carbocycles. The lowest BCUT2D eigenvalue weighted by Gasteiger charge is -2.11. The van der Waals surface area contributed by atoms with E-state index >= 15 is 0 Å². The van der Waals surface area contributed by atoms with Crippen LogP contribution in [-0.2, 0) is 4.79 Å². The van der Waals surface area contributed by atoms with Crippen LogP contribution in [0.15, 0.2) is 0 Å². The van der Waals surface area contributed by atoms with Crippen LogP contribution in [0.1, 0.15) is 20.3 Å². The van der Waals surface area contributed by atoms with Crippen molar-refractivity contribution in [2.75, 3.05) is 6.61 Å². The van der Waals surface area contributed by atoms with E-state index in [9.17, 15) is 4.79 Å². The van der Waals surface area contributed by atoms with Crippen molar-refractivity contribution < 1.29 is 9.90 Å². The summed E-state index contributed by atoms with van der Waals surface area (Å²) in [6.45, 7) is 3.47. The molecule has 0 aliphatic heterocycles. The zero-order chi connectivity index (χ0) is 8.85. The van der Waals surface area contributed by atoms with Gasteiger partial charge in [0.05, 0.1) is 6.61 Å². The molecule has 4 heteroatoms. The molecule has 0 aromatic heterocycles. The van der Waals surface area contributed by atoms with Crippen molar-refractivity contribution in [1.82, 2.24) is 5.32 Å². The van der Waals surface area contributed by atoms with E-state index in [1.54, 1.807) is 13.8 Å². The molecule has 0 aromatic rings. The van der Waals surface area contributed by atoms with E-state index in [1.807, 2.05) is 0 Å². The Morgan fingerprint density at radius 2 is 2.18 bits per heavy atom. The highest BCUT2D eigenvalue weighted by Crippen LogP contribution is 1.87. The summed E-state index contributed by atoms with van der Waals surface area (Å²) >= 11 is 0. The number of rotatable bonds is 4. The topological polar surface area (TPSA) is 75.4 Å². The summed E-state index contributed by atoms with van der Waals surface area (Å²) in [6.07, 6.45) is 0.310. The average Bonchev–Trinajstić information content (AvgIpc) is 1.85. The number of nitrogens with two attached hydrogens (primary N) is 1. The van der Waals surface area contributed by atoms with Gasteiger partial charge in [0.25, 0.3) is 0 Å². The van der Waals surface area contributed by atoms with Gasteiger partial charge in [-0.2, -0.15) is 0 Å². The third kappa shape index (κ3) is 5.82. The second-order valence-electron chi connectivity index (χ2n) is 2.83. The highest BCUT2D eigenvalue weighted by Gasteiger charge is 2.07. The molecule has 0 aliphatic rings. The summed E-state index contributed by atoms with van der Waals surface area (Å²) in [7, 11) is 0. The highest BCUT2D eigenvalue weighted by molar-refractivity contribution is 5.76. The van der Waals surface area contributed by atoms with Crippen LogP contribution in [0.3, 0.4) is 0 Å². The van der Waals surface area contributed by atoms with Gasteiger partial charge in [0.1, 0.15) is 0 Å². The summed E-state index contributed by atoms with van der Waals surface area (Å²) < 4.78 is 0. The molecule has 11 heavy (non-hydrogen) atoms. The van der Waals surface area contributed by atoms with Crippen molar-refractivity contribution >= 4 is 5.91 Å². The Labute approximate surface area is 66.8 Å². The third-order valence-corrected chi connectivity index (χ3v) is 1.19. The fourth-order valence-corrected chi connectivity index (χ4v) is 0.672. The third-order valence-electron chi connectivity index (χ3n) is 1.19. The molecule has 4 nitrogen and oxygen atoms in total. The molecule has 0 saturated heterocycles. The van der Waals surface area contributed by atoms with Crippen molar-refractivity contribution in [3.63, 3.8) is 0 Å². The van der Waals surface area contributed by atoms with Gasteiger partial charge < -0.3 is 16.2 Å². The van der Waals surface area contributed by atoms with Crippen molar-refractivity contribution in [1.29, 1.82) is 0 Å². The van der Waals surface area contributed by atoms with Gasteiger partial charge in [0.2, 0.25) is 5.91 Å². The van der Waals surface area contributed by atoms with Gasteiger partial charge in [-0.1, -0.05) is 0 Å². The van der Waals surface area contributed by atoms with Gasteiger partial charge in [-0.3, -0.25) is 4.79 Å². The van der Waals surface area contributed by atoms with Gasteiger partial charge in [-0.15, -0.1) is 0 Å². The number of carbonyl (C=O) groups excluding carboxylic acids is 1. The minimum absolute atomic E-state index is 0.0370. The summed E-state index contributed by atoms with van der Waals surface area (Å²) in [5.74, 6) is -0.110. The van der Waals surface area contributed by atoms with Gasteiger partial charge >= 0.3 is 0 Å². The number of nitrogens with one attached hydrogen (secondary N) is 1. The van der Waals surface area contributed by atoms with Crippen LogP contribution in [0.4, 0.5) is 0 Å². The smallest absolute Gasteiger partial charge is 0.221 e. The molecule has 0 radical (unpaired) electrons. The minimum Gasteiger partial charge on any atom is -0.394 e. The maximum atomic E-state index is 10.9. The standard InChI is InChI=1S/C7H16N2O2/c1-5(8)3-7(11)9-6(2)4-10/h5-6,10H,3-4,8H2,1-2H3,(H,9,11). The first-order chi connectivity index (χ1) is 5.06. The Balaban J connectivity index is 3.52. The molecule has 0 aliphatic carbocycles. The maximum Gasteiger partial charge on any atom is 0.221 e. The van der Waals surface area contributed by atoms with E-state index in [1.165, 1.54) is 0 Å². The largest absolute Gasteiger partial charge is 0.394 e. The van der Waals surface area contributed by atoms with E-state index in [0.29, 0.717) is 6.42 Å². The molecule has 0 spiro atoms. The summed E-state index contributed by atoms with van der Waals surface area (Å²) in [5, 5.41) is 11.2. The molecule has 0 saturated carbocycles. The minimum atomic E-state index is -0.179. The number of hydrogen-bond acceptors (Lipinski definition) is 3. The quantitative estimate of drug-likeness (QED) is 0.505. The Bertz CT molecular complexity index is 126. The van der Waals surface area contributed by atoms with Crippen LogP contribution in [0, 0.1) is 0 Å². The van der Waals surface area contributed by atoms with Crippen molar-refractivity contribution in [3.05, 3.63) is 0 Å². The molecule has 0 heterocycles. The number of hydrogen-bond donors (Lipinski definition) is 3. The van der Waals surface area contributed by atoms with Gasteiger partial charge in [-0.05, 0) is 13.8 Å². The predicted molar refractivity (Wildman–Crippen MR) is 43.0 cm³/mol. The average molecular weight is 160 g/mol. The monoisotopic (exact) mass is 160 g/mol. The van der Waals surface area contributed by atoms with Crippen molar-refractivity contribution in [2.24, 2.45) is 5.73 Å². The van der Waals surface area contributed by atoms with Crippen LogP contribution in [0.5, 0.6) is 0 Å². The SMILES string of the molecule is CC(N)CC(=O)NC(C)CO. The Kier molecular flexibility index (Phi) is 4.81. The molecular weight excluding hydrogens is 144 g/mol.